The van der Waals surface area contributed by atoms with Crippen LogP contribution in [0.2, 0.25) is 0 Å². The van der Waals surface area contributed by atoms with Gasteiger partial charge >= 0.3 is 0 Å². The molecule has 3 aromatic heterocycles. The van der Waals surface area contributed by atoms with Gasteiger partial charge in [0.2, 0.25) is 5.89 Å². The fourth-order valence-corrected chi connectivity index (χ4v) is 1.62. The van der Waals surface area contributed by atoms with Crippen molar-refractivity contribution in [3.8, 4) is 11.6 Å². The van der Waals surface area contributed by atoms with Crippen LogP contribution in [0.4, 0.5) is 0 Å². The van der Waals surface area contributed by atoms with Crippen molar-refractivity contribution in [3.05, 3.63) is 41.1 Å². The molecule has 0 amide bonds. The smallest absolute Gasteiger partial charge is 0.247 e. The molecule has 16 heavy (non-hydrogen) atoms. The number of hydrogen-bond donors (Lipinski definition) is 0. The van der Waals surface area contributed by atoms with Crippen LogP contribution in [0.25, 0.3) is 22.8 Å². The van der Waals surface area contributed by atoms with Crippen molar-refractivity contribution in [1.29, 1.82) is 0 Å². The van der Waals surface area contributed by atoms with Crippen LogP contribution in [0.1, 0.15) is 0 Å². The molecule has 0 aromatic carbocycles. The Bertz CT molecular complexity index is 600. The van der Waals surface area contributed by atoms with E-state index in [9.17, 15) is 0 Å². The first-order chi connectivity index (χ1) is 7.83. The molecular weight excluding hydrogens is 270 g/mol. The first kappa shape index (κ1) is 9.47. The molecule has 4 nitrogen and oxygen atoms in total. The Morgan fingerprint density at radius 3 is 2.81 bits per heavy atom. The summed E-state index contributed by atoms with van der Waals surface area (Å²) in [5.74, 6) is 0.487. The van der Waals surface area contributed by atoms with Crippen molar-refractivity contribution in [2.45, 2.75) is 0 Å². The molecule has 3 heterocycles. The Morgan fingerprint density at radius 2 is 2.06 bits per heavy atom. The summed E-state index contributed by atoms with van der Waals surface area (Å²) in [6, 6.07) is 7.38. The third kappa shape index (κ3) is 1.59. The largest absolute Gasteiger partial charge is 0.433 e. The predicted molar refractivity (Wildman–Crippen MR) is 62.7 cm³/mol. The second kappa shape index (κ2) is 3.68. The Hall–Kier alpha value is -1.75. The highest BCUT2D eigenvalue weighted by atomic mass is 79.9. The van der Waals surface area contributed by atoms with Crippen LogP contribution < -0.4 is 0 Å². The average molecular weight is 276 g/mol. The monoisotopic (exact) mass is 275 g/mol. The molecule has 0 N–H and O–H groups in total. The average Bonchev–Trinajstić information content (AvgIpc) is 2.73. The summed E-state index contributed by atoms with van der Waals surface area (Å²) in [6.45, 7) is 0. The molecule has 78 valence electrons. The van der Waals surface area contributed by atoms with E-state index in [2.05, 4.69) is 30.9 Å². The Kier molecular flexibility index (Phi) is 2.18. The van der Waals surface area contributed by atoms with Crippen LogP contribution in [-0.4, -0.2) is 15.0 Å². The van der Waals surface area contributed by atoms with Gasteiger partial charge in [-0.3, -0.25) is 0 Å². The van der Waals surface area contributed by atoms with Crippen molar-refractivity contribution in [2.24, 2.45) is 0 Å². The van der Waals surface area contributed by atoms with E-state index in [1.165, 1.54) is 0 Å². The summed E-state index contributed by atoms with van der Waals surface area (Å²) in [4.78, 5) is 12.6. The molecule has 0 aliphatic carbocycles. The van der Waals surface area contributed by atoms with E-state index >= 15 is 0 Å². The lowest BCUT2D eigenvalue weighted by Gasteiger charge is -1.93. The molecule has 0 spiro atoms. The molecule has 0 fully saturated rings. The molecular formula is C11H6BrN3O. The van der Waals surface area contributed by atoms with E-state index in [1.54, 1.807) is 12.4 Å². The summed E-state index contributed by atoms with van der Waals surface area (Å²) in [7, 11) is 0. The van der Waals surface area contributed by atoms with Crippen LogP contribution >= 0.6 is 15.9 Å². The quantitative estimate of drug-likeness (QED) is 0.685. The van der Waals surface area contributed by atoms with Gasteiger partial charge in [0.1, 0.15) is 5.69 Å². The number of hydrogen-bond acceptors (Lipinski definition) is 4. The predicted octanol–water partition coefficient (Wildman–Crippen LogP) is 3.05. The molecule has 0 atom stereocenters. The van der Waals surface area contributed by atoms with Gasteiger partial charge in [0, 0.05) is 16.9 Å². The van der Waals surface area contributed by atoms with Gasteiger partial charge in [-0.1, -0.05) is 0 Å². The van der Waals surface area contributed by atoms with Crippen LogP contribution in [0.5, 0.6) is 0 Å². The van der Waals surface area contributed by atoms with E-state index in [-0.39, 0.29) is 0 Å². The van der Waals surface area contributed by atoms with Crippen molar-refractivity contribution in [2.75, 3.05) is 0 Å². The zero-order chi connectivity index (χ0) is 11.0. The summed E-state index contributed by atoms with van der Waals surface area (Å²) >= 11 is 3.33. The molecule has 0 aliphatic heterocycles. The van der Waals surface area contributed by atoms with Crippen molar-refractivity contribution in [1.82, 2.24) is 15.0 Å². The van der Waals surface area contributed by atoms with Crippen LogP contribution in [0, 0.1) is 0 Å². The number of rotatable bonds is 1. The lowest BCUT2D eigenvalue weighted by molar-refractivity contribution is 0.616. The van der Waals surface area contributed by atoms with Gasteiger partial charge in [-0.2, -0.15) is 4.98 Å². The second-order valence-corrected chi connectivity index (χ2v) is 4.12. The van der Waals surface area contributed by atoms with Gasteiger partial charge in [-0.25, -0.2) is 9.97 Å². The lowest BCUT2D eigenvalue weighted by atomic mass is 10.3. The number of halogens is 1. The number of aromatic nitrogens is 3. The molecule has 5 heteroatoms. The number of fused-ring (bicyclic) bond motifs is 1. The van der Waals surface area contributed by atoms with Crippen LogP contribution in [-0.2, 0) is 0 Å². The maximum atomic E-state index is 5.54. The van der Waals surface area contributed by atoms with Gasteiger partial charge in [0.15, 0.2) is 11.2 Å². The topological polar surface area (TPSA) is 51.8 Å². The van der Waals surface area contributed by atoms with Gasteiger partial charge in [-0.15, -0.1) is 0 Å². The van der Waals surface area contributed by atoms with E-state index in [4.69, 9.17) is 4.42 Å². The molecule has 3 rings (SSSR count). The van der Waals surface area contributed by atoms with E-state index in [0.717, 1.165) is 4.47 Å². The standard InChI is InChI=1S/C11H6BrN3O/c12-7-3-4-8(14-6-7)11-15-10-9(16-11)2-1-5-13-10/h1-6H. The minimum absolute atomic E-state index is 0.487. The first-order valence-corrected chi connectivity index (χ1v) is 5.46. The molecule has 0 radical (unpaired) electrons. The molecule has 0 saturated heterocycles. The highest BCUT2D eigenvalue weighted by molar-refractivity contribution is 9.10. The van der Waals surface area contributed by atoms with Crippen molar-refractivity contribution >= 4 is 27.2 Å². The summed E-state index contributed by atoms with van der Waals surface area (Å²) in [5, 5.41) is 0. The molecule has 0 aliphatic rings. The Labute approximate surface area is 99.5 Å². The zero-order valence-corrected chi connectivity index (χ0v) is 9.68. The minimum Gasteiger partial charge on any atom is -0.433 e. The molecule has 0 saturated carbocycles. The first-order valence-electron chi connectivity index (χ1n) is 4.66. The lowest BCUT2D eigenvalue weighted by Crippen LogP contribution is -1.82. The maximum absolute atomic E-state index is 5.54. The highest BCUT2D eigenvalue weighted by Crippen LogP contribution is 2.21. The van der Waals surface area contributed by atoms with Crippen molar-refractivity contribution < 1.29 is 4.42 Å². The number of nitrogens with zero attached hydrogens (tertiary/aromatic N) is 3. The SMILES string of the molecule is Brc1ccc(-c2nc3ncccc3o2)nc1. The second-order valence-electron chi connectivity index (χ2n) is 3.21. The molecule has 0 unspecified atom stereocenters. The van der Waals surface area contributed by atoms with E-state index < -0.39 is 0 Å². The van der Waals surface area contributed by atoms with Crippen LogP contribution in [0.3, 0.4) is 0 Å². The normalized spacial score (nSPS) is 10.8. The van der Waals surface area contributed by atoms with E-state index in [1.807, 2.05) is 24.3 Å². The fraction of sp³-hybridized carbons (Fsp3) is 0. The van der Waals surface area contributed by atoms with Gasteiger partial charge in [0.25, 0.3) is 0 Å². The summed E-state index contributed by atoms with van der Waals surface area (Å²) in [6.07, 6.45) is 3.39. The summed E-state index contributed by atoms with van der Waals surface area (Å²) in [5.41, 5.74) is 1.96. The third-order valence-electron chi connectivity index (χ3n) is 2.11. The van der Waals surface area contributed by atoms with Crippen molar-refractivity contribution in [3.63, 3.8) is 0 Å². The highest BCUT2D eigenvalue weighted by Gasteiger charge is 2.09. The third-order valence-corrected chi connectivity index (χ3v) is 2.58. The van der Waals surface area contributed by atoms with E-state index in [0.29, 0.717) is 22.8 Å². The maximum Gasteiger partial charge on any atom is 0.247 e. The molecule has 3 aromatic rings. The van der Waals surface area contributed by atoms with Gasteiger partial charge < -0.3 is 4.42 Å². The number of oxazole rings is 1. The number of pyridine rings is 2. The van der Waals surface area contributed by atoms with Gasteiger partial charge in [-0.05, 0) is 40.2 Å². The van der Waals surface area contributed by atoms with Gasteiger partial charge in [0.05, 0.1) is 0 Å². The zero-order valence-electron chi connectivity index (χ0n) is 8.09. The Balaban J connectivity index is 2.15. The fourth-order valence-electron chi connectivity index (χ4n) is 1.38. The minimum atomic E-state index is 0.487. The van der Waals surface area contributed by atoms with Crippen LogP contribution in [0.15, 0.2) is 45.5 Å². The Morgan fingerprint density at radius 1 is 1.12 bits per heavy atom. The summed E-state index contributed by atoms with van der Waals surface area (Å²) < 4.78 is 6.46. The molecule has 0 bridgehead atoms.